The summed E-state index contributed by atoms with van der Waals surface area (Å²) < 4.78 is 21.6. The van der Waals surface area contributed by atoms with Crippen LogP contribution in [-0.2, 0) is 16.1 Å². The molecule has 3 aromatic rings. The first kappa shape index (κ1) is 30.7. The fraction of sp³-hybridized carbons (Fsp3) is 0.433. The largest absolute Gasteiger partial charge is 0.444 e. The van der Waals surface area contributed by atoms with Crippen molar-refractivity contribution in [2.75, 3.05) is 18.4 Å². The molecule has 2 aliphatic heterocycles. The Morgan fingerprint density at radius 3 is 2.44 bits per heavy atom. The summed E-state index contributed by atoms with van der Waals surface area (Å²) in [5.74, 6) is -0.900. The van der Waals surface area contributed by atoms with Crippen LogP contribution in [0.1, 0.15) is 56.8 Å². The topological polar surface area (TPSA) is 110 Å². The predicted octanol–water partition coefficient (Wildman–Crippen LogP) is 6.03. The van der Waals surface area contributed by atoms with E-state index in [1.165, 1.54) is 18.2 Å². The number of carbonyl (C=O) groups is 3. The Hall–Kier alpha value is -3.70. The summed E-state index contributed by atoms with van der Waals surface area (Å²) in [5, 5.41) is 11.7. The molecule has 1 aromatic heterocycles. The van der Waals surface area contributed by atoms with Crippen LogP contribution in [0.25, 0.3) is 11.3 Å². The Morgan fingerprint density at radius 2 is 1.72 bits per heavy atom. The van der Waals surface area contributed by atoms with Crippen LogP contribution in [0.3, 0.4) is 0 Å². The first-order valence-electron chi connectivity index (χ1n) is 14.2. The minimum absolute atomic E-state index is 0.103. The third kappa shape index (κ3) is 7.27. The fourth-order valence-electron chi connectivity index (χ4n) is 5.56. The summed E-state index contributed by atoms with van der Waals surface area (Å²) in [4.78, 5) is 42.7. The van der Waals surface area contributed by atoms with E-state index in [0.717, 1.165) is 19.3 Å². The molecular weight excluding hydrogens is 598 g/mol. The van der Waals surface area contributed by atoms with Crippen LogP contribution in [0.4, 0.5) is 14.9 Å². The van der Waals surface area contributed by atoms with Crippen molar-refractivity contribution in [3.8, 4) is 11.3 Å². The number of carbonyl (C=O) groups excluding carboxylic acids is 3. The smallest absolute Gasteiger partial charge is 0.412 e. The molecule has 2 saturated heterocycles. The van der Waals surface area contributed by atoms with Crippen molar-refractivity contribution in [2.24, 2.45) is 0 Å². The van der Waals surface area contributed by atoms with Crippen LogP contribution < -0.4 is 5.32 Å². The normalized spacial score (nSPS) is 18.7. The van der Waals surface area contributed by atoms with Gasteiger partial charge in [-0.1, -0.05) is 28.4 Å². The number of halogens is 3. The van der Waals surface area contributed by atoms with Crippen LogP contribution in [-0.4, -0.2) is 73.5 Å². The van der Waals surface area contributed by atoms with Crippen molar-refractivity contribution in [1.29, 1.82) is 0 Å². The van der Waals surface area contributed by atoms with Crippen LogP contribution >= 0.6 is 23.2 Å². The first-order valence-corrected chi connectivity index (χ1v) is 14.9. The molecule has 0 aliphatic carbocycles. The van der Waals surface area contributed by atoms with E-state index in [-0.39, 0.29) is 29.1 Å². The van der Waals surface area contributed by atoms with E-state index in [4.69, 9.17) is 27.9 Å². The van der Waals surface area contributed by atoms with E-state index in [1.54, 1.807) is 54.7 Å². The average molecular weight is 632 g/mol. The summed E-state index contributed by atoms with van der Waals surface area (Å²) in [5.41, 5.74) is 0.474. The molecular formula is C30H33Cl2FN6O4. The summed E-state index contributed by atoms with van der Waals surface area (Å²) in [6, 6.07) is 8.08. The van der Waals surface area contributed by atoms with Gasteiger partial charge in [0.25, 0.3) is 5.91 Å². The Balaban J connectivity index is 1.27. The summed E-state index contributed by atoms with van der Waals surface area (Å²) in [6.45, 7) is 6.65. The van der Waals surface area contributed by atoms with E-state index < -0.39 is 23.6 Å². The number of anilines is 1. The van der Waals surface area contributed by atoms with Gasteiger partial charge in [0.15, 0.2) is 0 Å². The number of nitrogens with one attached hydrogen (secondary N) is 1. The number of benzene rings is 2. The Labute approximate surface area is 259 Å². The van der Waals surface area contributed by atoms with Gasteiger partial charge in [-0.2, -0.15) is 0 Å². The van der Waals surface area contributed by atoms with Gasteiger partial charge in [0.2, 0.25) is 5.91 Å². The standard InChI is InChI=1S/C30H33Cl2FN6O4/c1-30(2,3)43-29(42)34-21-8-9-24(33)23(15-21)25-17-37(36-35-25)16-22-6-4-10-38(22)28(41)26-7-5-11-39(26)27(40)18-12-19(31)14-20(32)13-18/h8-9,12-15,17,22,26H,4-7,10-11,16H2,1-3H3,(H,34,42). The molecule has 2 atom stereocenters. The highest BCUT2D eigenvalue weighted by molar-refractivity contribution is 6.35. The van der Waals surface area contributed by atoms with Gasteiger partial charge in [-0.15, -0.1) is 5.10 Å². The minimum Gasteiger partial charge on any atom is -0.444 e. The molecule has 228 valence electrons. The number of rotatable bonds is 6. The Bertz CT molecular complexity index is 1520. The van der Waals surface area contributed by atoms with E-state index in [0.29, 0.717) is 47.4 Å². The van der Waals surface area contributed by atoms with Gasteiger partial charge in [0.1, 0.15) is 23.2 Å². The van der Waals surface area contributed by atoms with Crippen molar-refractivity contribution in [3.05, 3.63) is 64.0 Å². The quantitative estimate of drug-likeness (QED) is 0.356. The molecule has 0 saturated carbocycles. The van der Waals surface area contributed by atoms with Crippen molar-refractivity contribution in [2.45, 2.75) is 70.7 Å². The van der Waals surface area contributed by atoms with Gasteiger partial charge >= 0.3 is 6.09 Å². The zero-order valence-electron chi connectivity index (χ0n) is 24.1. The molecule has 0 spiro atoms. The SMILES string of the molecule is CC(C)(C)OC(=O)Nc1ccc(F)c(-c2cn(CC3CCCN3C(=O)C3CCCN3C(=O)c3cc(Cl)cc(Cl)c3)nn2)c1. The average Bonchev–Trinajstić information content (AvgIpc) is 3.69. The van der Waals surface area contributed by atoms with E-state index in [2.05, 4.69) is 15.6 Å². The molecule has 3 amide bonds. The molecule has 2 fully saturated rings. The van der Waals surface area contributed by atoms with Crippen molar-refractivity contribution < 1.29 is 23.5 Å². The second-order valence-electron chi connectivity index (χ2n) is 11.8. The highest BCUT2D eigenvalue weighted by Crippen LogP contribution is 2.29. The molecule has 2 unspecified atom stereocenters. The van der Waals surface area contributed by atoms with Crippen LogP contribution in [0.2, 0.25) is 10.0 Å². The summed E-state index contributed by atoms with van der Waals surface area (Å²) in [6.07, 6.45) is 3.83. The molecule has 43 heavy (non-hydrogen) atoms. The second-order valence-corrected chi connectivity index (χ2v) is 12.7. The lowest BCUT2D eigenvalue weighted by Gasteiger charge is -2.31. The maximum absolute atomic E-state index is 14.8. The second kappa shape index (κ2) is 12.5. The monoisotopic (exact) mass is 630 g/mol. The maximum Gasteiger partial charge on any atom is 0.412 e. The van der Waals surface area contributed by atoms with Crippen LogP contribution in [0.5, 0.6) is 0 Å². The highest BCUT2D eigenvalue weighted by Gasteiger charge is 2.40. The van der Waals surface area contributed by atoms with E-state index in [9.17, 15) is 18.8 Å². The number of ether oxygens (including phenoxy) is 1. The number of likely N-dealkylation sites (tertiary alicyclic amines) is 2. The highest BCUT2D eigenvalue weighted by atomic mass is 35.5. The number of amides is 3. The number of nitrogens with zero attached hydrogens (tertiary/aromatic N) is 5. The van der Waals surface area contributed by atoms with E-state index in [1.807, 2.05) is 4.90 Å². The lowest BCUT2D eigenvalue weighted by atomic mass is 10.1. The molecule has 3 heterocycles. The number of aromatic nitrogens is 3. The van der Waals surface area contributed by atoms with Gasteiger partial charge in [-0.3, -0.25) is 14.9 Å². The third-order valence-corrected chi connectivity index (χ3v) is 7.83. The lowest BCUT2D eigenvalue weighted by Crippen LogP contribution is -2.50. The molecule has 0 radical (unpaired) electrons. The number of hydrogen-bond donors (Lipinski definition) is 1. The predicted molar refractivity (Wildman–Crippen MR) is 161 cm³/mol. The zero-order valence-corrected chi connectivity index (χ0v) is 25.7. The molecule has 2 aliphatic rings. The zero-order chi connectivity index (χ0) is 30.9. The molecule has 1 N–H and O–H groups in total. The first-order chi connectivity index (χ1) is 20.4. The summed E-state index contributed by atoms with van der Waals surface area (Å²) in [7, 11) is 0. The minimum atomic E-state index is -0.679. The summed E-state index contributed by atoms with van der Waals surface area (Å²) >= 11 is 12.2. The lowest BCUT2D eigenvalue weighted by molar-refractivity contribution is -0.136. The van der Waals surface area contributed by atoms with Crippen molar-refractivity contribution in [1.82, 2.24) is 24.8 Å². The van der Waals surface area contributed by atoms with Gasteiger partial charge in [0.05, 0.1) is 18.8 Å². The molecule has 13 heteroatoms. The molecule has 5 rings (SSSR count). The van der Waals surface area contributed by atoms with Crippen molar-refractivity contribution in [3.63, 3.8) is 0 Å². The van der Waals surface area contributed by atoms with Crippen molar-refractivity contribution >= 4 is 46.8 Å². The number of hydrogen-bond acceptors (Lipinski definition) is 6. The van der Waals surface area contributed by atoms with Gasteiger partial charge in [0, 0.05) is 39.9 Å². The van der Waals surface area contributed by atoms with Gasteiger partial charge in [-0.05, 0) is 82.9 Å². The third-order valence-electron chi connectivity index (χ3n) is 7.39. The van der Waals surface area contributed by atoms with Gasteiger partial charge in [-0.25, -0.2) is 13.9 Å². The van der Waals surface area contributed by atoms with E-state index >= 15 is 0 Å². The Morgan fingerprint density at radius 1 is 1.02 bits per heavy atom. The molecule has 2 aromatic carbocycles. The molecule has 10 nitrogen and oxygen atoms in total. The van der Waals surface area contributed by atoms with Crippen LogP contribution in [0.15, 0.2) is 42.6 Å². The maximum atomic E-state index is 14.8. The van der Waals surface area contributed by atoms with Crippen LogP contribution in [0, 0.1) is 5.82 Å². The van der Waals surface area contributed by atoms with Gasteiger partial charge < -0.3 is 14.5 Å². The Kier molecular flexibility index (Phi) is 8.94. The molecule has 0 bridgehead atoms. The fourth-order valence-corrected chi connectivity index (χ4v) is 6.09.